The number of allylic oxidation sites excluding steroid dienone is 1. The van der Waals surface area contributed by atoms with Gasteiger partial charge in [-0.25, -0.2) is 0 Å². The van der Waals surface area contributed by atoms with Crippen LogP contribution in [0.4, 0.5) is 0 Å². The fourth-order valence-corrected chi connectivity index (χ4v) is 2.08. The molecule has 0 N–H and O–H groups in total. The number of rotatable bonds is 3. The second-order valence-corrected chi connectivity index (χ2v) is 5.46. The number of aromatic nitrogens is 1. The zero-order valence-electron chi connectivity index (χ0n) is 12.8. The van der Waals surface area contributed by atoms with Crippen LogP contribution >= 0.6 is 0 Å². The van der Waals surface area contributed by atoms with Crippen molar-refractivity contribution in [2.24, 2.45) is 5.92 Å². The van der Waals surface area contributed by atoms with Crippen molar-refractivity contribution in [2.45, 2.75) is 13.8 Å². The molecule has 0 bridgehead atoms. The standard InChI is InChI=1S/C18H15NO4/c1-11(2)18(21)22-13-5-6-14-15(9-13)23-16(17(14)20)8-12-4-3-7-19-10-12/h3-11H,1-2H3. The summed E-state index contributed by atoms with van der Waals surface area (Å²) in [6.45, 7) is 3.51. The van der Waals surface area contributed by atoms with Crippen LogP contribution in [-0.4, -0.2) is 16.7 Å². The maximum absolute atomic E-state index is 12.3. The van der Waals surface area contributed by atoms with Gasteiger partial charge in [0.1, 0.15) is 11.5 Å². The molecule has 5 nitrogen and oxygen atoms in total. The van der Waals surface area contributed by atoms with Crippen molar-refractivity contribution in [1.29, 1.82) is 0 Å². The van der Waals surface area contributed by atoms with Crippen LogP contribution in [0.3, 0.4) is 0 Å². The van der Waals surface area contributed by atoms with Gasteiger partial charge >= 0.3 is 5.97 Å². The molecule has 0 saturated heterocycles. The van der Waals surface area contributed by atoms with Crippen molar-refractivity contribution in [3.63, 3.8) is 0 Å². The van der Waals surface area contributed by atoms with Gasteiger partial charge in [0.2, 0.25) is 5.78 Å². The summed E-state index contributed by atoms with van der Waals surface area (Å²) in [5, 5.41) is 0. The summed E-state index contributed by atoms with van der Waals surface area (Å²) < 4.78 is 10.8. The lowest BCUT2D eigenvalue weighted by Crippen LogP contribution is -2.14. The zero-order valence-corrected chi connectivity index (χ0v) is 12.8. The Morgan fingerprint density at radius 1 is 1.30 bits per heavy atom. The Hall–Kier alpha value is -2.95. The number of ether oxygens (including phenoxy) is 2. The number of fused-ring (bicyclic) bond motifs is 1. The Bertz CT molecular complexity index is 794. The minimum absolute atomic E-state index is 0.203. The number of nitrogens with zero attached hydrogens (tertiary/aromatic N) is 1. The van der Waals surface area contributed by atoms with E-state index in [-0.39, 0.29) is 23.4 Å². The van der Waals surface area contributed by atoms with Crippen LogP contribution < -0.4 is 9.47 Å². The first-order chi connectivity index (χ1) is 11.0. The van der Waals surface area contributed by atoms with E-state index in [0.29, 0.717) is 17.1 Å². The molecule has 0 radical (unpaired) electrons. The third-order valence-corrected chi connectivity index (χ3v) is 3.31. The number of Topliss-reactive ketones (excluding diaryl/α,β-unsaturated/α-hetero) is 1. The fourth-order valence-electron chi connectivity index (χ4n) is 2.08. The van der Waals surface area contributed by atoms with Crippen molar-refractivity contribution in [3.05, 3.63) is 59.6 Å². The van der Waals surface area contributed by atoms with E-state index < -0.39 is 0 Å². The molecule has 116 valence electrons. The first-order valence-electron chi connectivity index (χ1n) is 7.24. The second-order valence-electron chi connectivity index (χ2n) is 5.46. The van der Waals surface area contributed by atoms with Gasteiger partial charge in [-0.3, -0.25) is 14.6 Å². The molecular weight excluding hydrogens is 294 g/mol. The Kier molecular flexibility index (Phi) is 3.93. The first kappa shape index (κ1) is 15.0. The van der Waals surface area contributed by atoms with E-state index in [1.807, 2.05) is 6.07 Å². The minimum atomic E-state index is -0.333. The number of pyridine rings is 1. The summed E-state index contributed by atoms with van der Waals surface area (Å²) in [6.07, 6.45) is 4.93. The van der Waals surface area contributed by atoms with E-state index in [1.165, 1.54) is 0 Å². The van der Waals surface area contributed by atoms with Gasteiger partial charge in [0.05, 0.1) is 11.5 Å². The number of ketones is 1. The van der Waals surface area contributed by atoms with Gasteiger partial charge in [-0.1, -0.05) is 19.9 Å². The number of hydrogen-bond donors (Lipinski definition) is 0. The average molecular weight is 309 g/mol. The molecule has 0 saturated carbocycles. The van der Waals surface area contributed by atoms with Crippen LogP contribution in [0.1, 0.15) is 29.8 Å². The third-order valence-electron chi connectivity index (χ3n) is 3.31. The SMILES string of the molecule is CC(C)C(=O)Oc1ccc2c(c1)OC(=Cc1cccnc1)C2=O. The molecule has 0 spiro atoms. The largest absolute Gasteiger partial charge is 0.452 e. The van der Waals surface area contributed by atoms with E-state index in [2.05, 4.69) is 4.98 Å². The van der Waals surface area contributed by atoms with Crippen LogP contribution in [0, 0.1) is 5.92 Å². The highest BCUT2D eigenvalue weighted by atomic mass is 16.5. The molecule has 1 aromatic heterocycles. The molecule has 0 amide bonds. The lowest BCUT2D eigenvalue weighted by Gasteiger charge is -2.07. The summed E-state index contributed by atoms with van der Waals surface area (Å²) in [5.74, 6) is 0.204. The monoisotopic (exact) mass is 309 g/mol. The van der Waals surface area contributed by atoms with E-state index in [0.717, 1.165) is 5.56 Å². The molecule has 2 aromatic rings. The van der Waals surface area contributed by atoms with Gasteiger partial charge in [0.15, 0.2) is 5.76 Å². The fraction of sp³-hybridized carbons (Fsp3) is 0.167. The molecule has 23 heavy (non-hydrogen) atoms. The lowest BCUT2D eigenvalue weighted by atomic mass is 10.1. The summed E-state index contributed by atoms with van der Waals surface area (Å²) >= 11 is 0. The van der Waals surface area contributed by atoms with Crippen molar-refractivity contribution in [3.8, 4) is 11.5 Å². The van der Waals surface area contributed by atoms with Gasteiger partial charge in [-0.2, -0.15) is 0 Å². The maximum Gasteiger partial charge on any atom is 0.313 e. The predicted octanol–water partition coefficient (Wildman–Crippen LogP) is 3.26. The van der Waals surface area contributed by atoms with E-state index in [1.54, 1.807) is 56.6 Å². The van der Waals surface area contributed by atoms with Gasteiger partial charge in [0, 0.05) is 18.5 Å². The topological polar surface area (TPSA) is 65.5 Å². The number of carbonyl (C=O) groups excluding carboxylic acids is 2. The Balaban J connectivity index is 1.85. The molecule has 0 atom stereocenters. The van der Waals surface area contributed by atoms with Crippen molar-refractivity contribution in [2.75, 3.05) is 0 Å². The molecular formula is C18H15NO4. The van der Waals surface area contributed by atoms with Crippen molar-refractivity contribution in [1.82, 2.24) is 4.98 Å². The van der Waals surface area contributed by atoms with E-state index >= 15 is 0 Å². The molecule has 1 aromatic carbocycles. The van der Waals surface area contributed by atoms with Crippen LogP contribution in [0.5, 0.6) is 11.5 Å². The Morgan fingerprint density at radius 3 is 2.83 bits per heavy atom. The van der Waals surface area contributed by atoms with Gasteiger partial charge in [0.25, 0.3) is 0 Å². The maximum atomic E-state index is 12.3. The normalized spacial score (nSPS) is 14.7. The van der Waals surface area contributed by atoms with Crippen molar-refractivity contribution >= 4 is 17.8 Å². The third kappa shape index (κ3) is 3.13. The lowest BCUT2D eigenvalue weighted by molar-refractivity contribution is -0.137. The van der Waals surface area contributed by atoms with Gasteiger partial charge < -0.3 is 9.47 Å². The highest BCUT2D eigenvalue weighted by molar-refractivity contribution is 6.14. The summed E-state index contributed by atoms with van der Waals surface area (Å²) in [7, 11) is 0. The van der Waals surface area contributed by atoms with Crippen LogP contribution in [0.2, 0.25) is 0 Å². The zero-order chi connectivity index (χ0) is 16.4. The average Bonchev–Trinajstić information content (AvgIpc) is 2.84. The predicted molar refractivity (Wildman–Crippen MR) is 84.1 cm³/mol. The van der Waals surface area contributed by atoms with Crippen LogP contribution in [0.15, 0.2) is 48.5 Å². The summed E-state index contributed by atoms with van der Waals surface area (Å²) in [6, 6.07) is 8.35. The molecule has 0 aliphatic carbocycles. The molecule has 1 aliphatic rings. The molecule has 0 unspecified atom stereocenters. The molecule has 0 fully saturated rings. The number of esters is 1. The molecule has 1 aliphatic heterocycles. The molecule has 2 heterocycles. The Labute approximate surface area is 133 Å². The van der Waals surface area contributed by atoms with Gasteiger partial charge in [-0.15, -0.1) is 0 Å². The highest BCUT2D eigenvalue weighted by Crippen LogP contribution is 2.35. The van der Waals surface area contributed by atoms with E-state index in [4.69, 9.17) is 9.47 Å². The summed E-state index contributed by atoms with van der Waals surface area (Å²) in [5.41, 5.74) is 1.22. The van der Waals surface area contributed by atoms with Crippen molar-refractivity contribution < 1.29 is 19.1 Å². The second kappa shape index (κ2) is 6.04. The number of benzene rings is 1. The highest BCUT2D eigenvalue weighted by Gasteiger charge is 2.28. The van der Waals surface area contributed by atoms with Gasteiger partial charge in [-0.05, 0) is 29.8 Å². The van der Waals surface area contributed by atoms with Crippen LogP contribution in [-0.2, 0) is 4.79 Å². The Morgan fingerprint density at radius 2 is 2.13 bits per heavy atom. The van der Waals surface area contributed by atoms with Crippen LogP contribution in [0.25, 0.3) is 6.08 Å². The molecule has 5 heteroatoms. The number of carbonyl (C=O) groups is 2. The first-order valence-corrected chi connectivity index (χ1v) is 7.24. The smallest absolute Gasteiger partial charge is 0.313 e. The summed E-state index contributed by atoms with van der Waals surface area (Å²) in [4.78, 5) is 28.0. The molecule has 3 rings (SSSR count). The minimum Gasteiger partial charge on any atom is -0.452 e. The number of hydrogen-bond acceptors (Lipinski definition) is 5. The quantitative estimate of drug-likeness (QED) is 0.494. The van der Waals surface area contributed by atoms with E-state index in [9.17, 15) is 9.59 Å².